The Morgan fingerprint density at radius 2 is 2.25 bits per heavy atom. The van der Waals surface area contributed by atoms with Crippen molar-refractivity contribution in [3.63, 3.8) is 0 Å². The number of thioether (sulfide) groups is 1. The molecule has 2 aliphatic rings. The second kappa shape index (κ2) is 5.37. The second-order valence-corrected chi connectivity index (χ2v) is 8.15. The summed E-state index contributed by atoms with van der Waals surface area (Å²) in [6.45, 7) is 7.44. The Labute approximate surface area is 124 Å². The van der Waals surface area contributed by atoms with Crippen molar-refractivity contribution in [2.75, 3.05) is 12.9 Å². The van der Waals surface area contributed by atoms with Crippen molar-refractivity contribution < 1.29 is 18.5 Å². The molecule has 0 aromatic heterocycles. The molecule has 0 aromatic rings. The van der Waals surface area contributed by atoms with Crippen LogP contribution in [0, 0.1) is 0 Å². The molecular weight excluding hydrogens is 298 g/mol. The van der Waals surface area contributed by atoms with Gasteiger partial charge in [0.1, 0.15) is 18.0 Å². The molecule has 20 heavy (non-hydrogen) atoms. The molecule has 0 aliphatic carbocycles. The highest BCUT2D eigenvalue weighted by Crippen LogP contribution is 2.53. The van der Waals surface area contributed by atoms with E-state index in [2.05, 4.69) is 6.58 Å². The van der Waals surface area contributed by atoms with E-state index >= 15 is 0 Å². The molecular formula is C13H17NO4S2. The van der Waals surface area contributed by atoms with Gasteiger partial charge in [0.05, 0.1) is 5.57 Å². The van der Waals surface area contributed by atoms with Gasteiger partial charge in [0.15, 0.2) is 0 Å². The summed E-state index contributed by atoms with van der Waals surface area (Å²) in [4.78, 5) is 25.8. The van der Waals surface area contributed by atoms with Crippen molar-refractivity contribution in [1.29, 1.82) is 0 Å². The van der Waals surface area contributed by atoms with Gasteiger partial charge in [0.2, 0.25) is 0 Å². The molecule has 7 heteroatoms. The highest BCUT2D eigenvalue weighted by Gasteiger charge is 2.61. The highest BCUT2D eigenvalue weighted by atomic mass is 32.2. The zero-order valence-electron chi connectivity index (χ0n) is 11.6. The van der Waals surface area contributed by atoms with E-state index < -0.39 is 27.6 Å². The first-order chi connectivity index (χ1) is 9.29. The summed E-state index contributed by atoms with van der Waals surface area (Å²) >= 11 is 1.52. The fraction of sp³-hybridized carbons (Fsp3) is 0.538. The smallest absolute Gasteiger partial charge is 0.330 e. The van der Waals surface area contributed by atoms with Crippen molar-refractivity contribution >= 4 is 34.4 Å². The van der Waals surface area contributed by atoms with Crippen LogP contribution in [-0.2, 0) is 25.1 Å². The van der Waals surface area contributed by atoms with Gasteiger partial charge in [-0.25, -0.2) is 4.79 Å². The van der Waals surface area contributed by atoms with Gasteiger partial charge in [0, 0.05) is 27.2 Å². The Kier molecular flexibility index (Phi) is 4.11. The van der Waals surface area contributed by atoms with E-state index in [-0.39, 0.29) is 17.9 Å². The number of esters is 1. The molecule has 0 radical (unpaired) electrons. The first-order valence-corrected chi connectivity index (χ1v) is 8.61. The van der Waals surface area contributed by atoms with Crippen LogP contribution in [0.2, 0.25) is 0 Å². The minimum Gasteiger partial charge on any atom is -0.460 e. The topological polar surface area (TPSA) is 63.7 Å². The van der Waals surface area contributed by atoms with Gasteiger partial charge < -0.3 is 9.64 Å². The third kappa shape index (κ3) is 2.44. The van der Waals surface area contributed by atoms with Crippen molar-refractivity contribution in [1.82, 2.24) is 4.90 Å². The monoisotopic (exact) mass is 315 g/mol. The molecule has 2 aliphatic heterocycles. The summed E-state index contributed by atoms with van der Waals surface area (Å²) in [5, 5.41) is 1.26. The van der Waals surface area contributed by atoms with Gasteiger partial charge in [-0.15, -0.1) is 11.8 Å². The Morgan fingerprint density at radius 1 is 1.60 bits per heavy atom. The standard InChI is InChI=1S/C13H17NO4S2/c1-5-6-18-12(16)9-13(2,3)19-11-8(7-20(4)17)10(15)14(9)11/h5,7,9,11H,1,6H2,2-4H3/b8-7-/t9-,11+,20?/m0/s1. The summed E-state index contributed by atoms with van der Waals surface area (Å²) in [5.41, 5.74) is 0.517. The van der Waals surface area contributed by atoms with Crippen LogP contribution in [0.1, 0.15) is 13.8 Å². The molecule has 0 spiro atoms. The van der Waals surface area contributed by atoms with Gasteiger partial charge in [-0.05, 0) is 13.8 Å². The third-order valence-electron chi connectivity index (χ3n) is 3.21. The number of rotatable bonds is 4. The maximum Gasteiger partial charge on any atom is 0.330 e. The minimum absolute atomic E-state index is 0.129. The predicted molar refractivity (Wildman–Crippen MR) is 79.4 cm³/mol. The molecule has 1 unspecified atom stereocenters. The maximum atomic E-state index is 12.1. The molecule has 2 rings (SSSR count). The SMILES string of the molecule is C=CCOC(=O)[C@@H]1N2C(=O)/C(=C/S(C)=O)[C@H]2SC1(C)C. The van der Waals surface area contributed by atoms with Crippen LogP contribution >= 0.6 is 11.8 Å². The van der Waals surface area contributed by atoms with Crippen molar-refractivity contribution in [3.05, 3.63) is 23.6 Å². The van der Waals surface area contributed by atoms with Gasteiger partial charge >= 0.3 is 5.97 Å². The molecule has 2 fully saturated rings. The molecule has 1 amide bonds. The van der Waals surface area contributed by atoms with E-state index in [1.165, 1.54) is 34.4 Å². The van der Waals surface area contributed by atoms with Crippen LogP contribution in [-0.4, -0.2) is 50.0 Å². The number of carbonyl (C=O) groups excluding carboxylic acids is 2. The lowest BCUT2D eigenvalue weighted by molar-refractivity contribution is -0.156. The van der Waals surface area contributed by atoms with E-state index in [4.69, 9.17) is 4.74 Å². The minimum atomic E-state index is -1.18. The van der Waals surface area contributed by atoms with E-state index in [1.54, 1.807) is 0 Å². The summed E-state index contributed by atoms with van der Waals surface area (Å²) < 4.78 is 15.9. The van der Waals surface area contributed by atoms with E-state index in [0.29, 0.717) is 5.57 Å². The maximum absolute atomic E-state index is 12.1. The molecule has 2 heterocycles. The lowest BCUT2D eigenvalue weighted by Crippen LogP contribution is -2.58. The number of β-lactam (4-membered cyclic amide) rings is 1. The third-order valence-corrected chi connectivity index (χ3v) is 5.33. The second-order valence-electron chi connectivity index (χ2n) is 5.18. The van der Waals surface area contributed by atoms with Crippen molar-refractivity contribution in [3.8, 4) is 0 Å². The number of hydrogen-bond acceptors (Lipinski definition) is 5. The summed E-state index contributed by atoms with van der Waals surface area (Å²) in [5.74, 6) is -0.654. The highest BCUT2D eigenvalue weighted by molar-refractivity contribution is 8.02. The van der Waals surface area contributed by atoms with E-state index in [1.807, 2.05) is 13.8 Å². The van der Waals surface area contributed by atoms with Crippen LogP contribution < -0.4 is 0 Å². The molecule has 3 atom stereocenters. The fourth-order valence-corrected chi connectivity index (χ4v) is 4.62. The molecule has 0 aromatic carbocycles. The van der Waals surface area contributed by atoms with Gasteiger partial charge in [0.25, 0.3) is 5.91 Å². The number of nitrogens with zero attached hydrogens (tertiary/aromatic N) is 1. The number of fused-ring (bicyclic) bond motifs is 1. The van der Waals surface area contributed by atoms with Crippen LogP contribution in [0.3, 0.4) is 0 Å². The average Bonchev–Trinajstić information content (AvgIpc) is 2.62. The molecule has 0 saturated carbocycles. The molecule has 2 saturated heterocycles. The van der Waals surface area contributed by atoms with Crippen molar-refractivity contribution in [2.45, 2.75) is 30.0 Å². The quantitative estimate of drug-likeness (QED) is 0.336. The number of amides is 1. The number of carbonyl (C=O) groups is 2. The van der Waals surface area contributed by atoms with Crippen LogP contribution in [0.5, 0.6) is 0 Å². The predicted octanol–water partition coefficient (Wildman–Crippen LogP) is 1.04. The lowest BCUT2D eigenvalue weighted by Gasteiger charge is -2.39. The summed E-state index contributed by atoms with van der Waals surface area (Å²) in [7, 11) is -1.18. The lowest BCUT2D eigenvalue weighted by atomic mass is 9.96. The van der Waals surface area contributed by atoms with Crippen LogP contribution in [0.25, 0.3) is 0 Å². The Hall–Kier alpha value is -1.08. The van der Waals surface area contributed by atoms with Gasteiger partial charge in [-0.1, -0.05) is 12.7 Å². The normalized spacial score (nSPS) is 30.6. The van der Waals surface area contributed by atoms with Gasteiger partial charge in [-0.2, -0.15) is 0 Å². The first-order valence-electron chi connectivity index (χ1n) is 6.11. The zero-order chi connectivity index (χ0) is 15.1. The van der Waals surface area contributed by atoms with Crippen LogP contribution in [0.15, 0.2) is 23.6 Å². The summed E-state index contributed by atoms with van der Waals surface area (Å²) in [6, 6.07) is -0.618. The molecule has 0 bridgehead atoms. The average molecular weight is 315 g/mol. The fourth-order valence-electron chi connectivity index (χ4n) is 2.41. The number of ether oxygens (including phenoxy) is 1. The van der Waals surface area contributed by atoms with Crippen LogP contribution in [0.4, 0.5) is 0 Å². The summed E-state index contributed by atoms with van der Waals surface area (Å²) in [6.07, 6.45) is 3.01. The Balaban J connectivity index is 2.24. The largest absolute Gasteiger partial charge is 0.460 e. The number of hydrogen-bond donors (Lipinski definition) is 0. The van der Waals surface area contributed by atoms with Crippen molar-refractivity contribution in [2.24, 2.45) is 0 Å². The first kappa shape index (κ1) is 15.3. The molecule has 0 N–H and O–H groups in total. The van der Waals surface area contributed by atoms with Gasteiger partial charge in [-0.3, -0.25) is 9.00 Å². The molecule has 110 valence electrons. The Morgan fingerprint density at radius 3 is 2.80 bits per heavy atom. The zero-order valence-corrected chi connectivity index (χ0v) is 13.3. The molecule has 5 nitrogen and oxygen atoms in total. The van der Waals surface area contributed by atoms with E-state index in [9.17, 15) is 13.8 Å². The Bertz CT molecular complexity index is 526. The van der Waals surface area contributed by atoms with E-state index in [0.717, 1.165) is 0 Å².